The van der Waals surface area contributed by atoms with E-state index in [-0.39, 0.29) is 0 Å². The monoisotopic (exact) mass is 602 g/mol. The second-order valence-corrected chi connectivity index (χ2v) is 13.8. The van der Waals surface area contributed by atoms with Crippen LogP contribution in [0.2, 0.25) is 0 Å². The summed E-state index contributed by atoms with van der Waals surface area (Å²) in [6.45, 7) is 0. The molecule has 0 aromatic heterocycles. The average molecular weight is 603 g/mol. The Balaban J connectivity index is 1.08. The molecule has 0 bridgehead atoms. The van der Waals surface area contributed by atoms with Crippen molar-refractivity contribution in [3.05, 3.63) is 158 Å². The lowest BCUT2D eigenvalue weighted by Crippen LogP contribution is -1.85. The lowest BCUT2D eigenvalue weighted by Gasteiger charge is -2.13. The molecule has 0 saturated heterocycles. The summed E-state index contributed by atoms with van der Waals surface area (Å²) < 4.78 is 0. The Morgan fingerprint density at radius 1 is 0.167 bits per heavy atom. The van der Waals surface area contributed by atoms with Crippen LogP contribution < -0.4 is 0 Å². The molecule has 0 fully saturated rings. The predicted molar refractivity (Wildman–Crippen MR) is 210 cm³/mol. The molecule has 0 heteroatoms. The topological polar surface area (TPSA) is 0 Å². The van der Waals surface area contributed by atoms with Gasteiger partial charge < -0.3 is 0 Å². The molecule has 0 radical (unpaired) electrons. The Kier molecular flexibility index (Phi) is 4.55. The fraction of sp³-hybridized carbons (Fsp3) is 0. The molecule has 0 N–H and O–H groups in total. The van der Waals surface area contributed by atoms with E-state index in [1.807, 2.05) is 0 Å². The van der Waals surface area contributed by atoms with Crippen LogP contribution in [-0.2, 0) is 0 Å². The first-order valence-electron chi connectivity index (χ1n) is 16.8. The first kappa shape index (κ1) is 24.9. The molecule has 0 heterocycles. The molecule has 0 unspecified atom stereocenters. The van der Waals surface area contributed by atoms with Crippen LogP contribution in [-0.4, -0.2) is 0 Å². The van der Waals surface area contributed by atoms with Crippen molar-refractivity contribution in [3.8, 4) is 0 Å². The van der Waals surface area contributed by atoms with Gasteiger partial charge in [-0.05, 0) is 203 Å². The van der Waals surface area contributed by atoms with E-state index in [4.69, 9.17) is 0 Å². The van der Waals surface area contributed by atoms with Crippen molar-refractivity contribution in [1.82, 2.24) is 0 Å². The average Bonchev–Trinajstić information content (AvgIpc) is 3.11. The first-order valence-corrected chi connectivity index (χ1v) is 16.8. The number of fused-ring (bicyclic) bond motifs is 9. The van der Waals surface area contributed by atoms with Gasteiger partial charge in [-0.1, -0.05) is 72.8 Å². The zero-order valence-corrected chi connectivity index (χ0v) is 26.0. The fourth-order valence-electron chi connectivity index (χ4n) is 8.86. The van der Waals surface area contributed by atoms with E-state index in [0.717, 1.165) is 0 Å². The van der Waals surface area contributed by atoms with E-state index in [0.29, 0.717) is 0 Å². The lowest BCUT2D eigenvalue weighted by atomic mass is 9.91. The number of benzene rings is 12. The van der Waals surface area contributed by atoms with Crippen molar-refractivity contribution in [2.24, 2.45) is 0 Å². The van der Waals surface area contributed by atoms with E-state index in [1.54, 1.807) is 0 Å². The Hall–Kier alpha value is -6.24. The Labute approximate surface area is 275 Å². The van der Waals surface area contributed by atoms with E-state index >= 15 is 0 Å². The third-order valence-electron chi connectivity index (χ3n) is 11.1. The van der Waals surface area contributed by atoms with Gasteiger partial charge in [-0.2, -0.15) is 0 Å². The Morgan fingerprint density at radius 2 is 0.417 bits per heavy atom. The van der Waals surface area contributed by atoms with Gasteiger partial charge in [0, 0.05) is 0 Å². The third-order valence-corrected chi connectivity index (χ3v) is 11.1. The van der Waals surface area contributed by atoms with Crippen molar-refractivity contribution in [1.29, 1.82) is 0 Å². The van der Waals surface area contributed by atoms with Gasteiger partial charge in [0.25, 0.3) is 0 Å². The third kappa shape index (κ3) is 3.34. The van der Waals surface area contributed by atoms with Gasteiger partial charge in [-0.15, -0.1) is 0 Å². The zero-order chi connectivity index (χ0) is 31.1. The summed E-state index contributed by atoms with van der Waals surface area (Å²) >= 11 is 0. The highest BCUT2D eigenvalue weighted by Gasteiger charge is 2.12. The van der Waals surface area contributed by atoms with Crippen LogP contribution >= 0.6 is 0 Å². The SMILES string of the molecule is c1cc2cccc3c4cc5cc6cc7cc8cc9cc%10cc%11cccc%12cccc(c%10cc9cc8cc7cc6cc5cc4cc(c1)c23)c%12%11. The fourth-order valence-corrected chi connectivity index (χ4v) is 8.86. The first-order chi connectivity index (χ1) is 23.7. The largest absolute Gasteiger partial charge is 0.0610 e. The Morgan fingerprint density at radius 3 is 0.771 bits per heavy atom. The van der Waals surface area contributed by atoms with Gasteiger partial charge in [-0.3, -0.25) is 0 Å². The smallest absolute Gasteiger partial charge is 0.00324 e. The minimum atomic E-state index is 1.28. The molecule has 0 saturated carbocycles. The molecule has 0 amide bonds. The van der Waals surface area contributed by atoms with Gasteiger partial charge in [-0.25, -0.2) is 0 Å². The molecule has 48 heavy (non-hydrogen) atoms. The molecule has 0 atom stereocenters. The van der Waals surface area contributed by atoms with Crippen LogP contribution in [0.4, 0.5) is 0 Å². The lowest BCUT2D eigenvalue weighted by molar-refractivity contribution is 1.79. The molecule has 0 aliphatic carbocycles. The Bertz CT molecular complexity index is 3140. The van der Waals surface area contributed by atoms with Gasteiger partial charge >= 0.3 is 0 Å². The van der Waals surface area contributed by atoms with Crippen molar-refractivity contribution >= 4 is 118 Å². The normalized spacial score (nSPS) is 12.6. The van der Waals surface area contributed by atoms with Crippen LogP contribution in [0.15, 0.2) is 158 Å². The summed E-state index contributed by atoms with van der Waals surface area (Å²) in [5, 5.41) is 28.7. The highest BCUT2D eigenvalue weighted by atomic mass is 14.2. The summed E-state index contributed by atoms with van der Waals surface area (Å²) in [5.41, 5.74) is 0. The van der Waals surface area contributed by atoms with Crippen LogP contribution in [0, 0.1) is 0 Å². The maximum Gasteiger partial charge on any atom is -0.00324 e. The molecule has 12 aromatic carbocycles. The molecular weight excluding hydrogens is 577 g/mol. The zero-order valence-electron chi connectivity index (χ0n) is 26.0. The van der Waals surface area contributed by atoms with Crippen LogP contribution in [0.1, 0.15) is 0 Å². The van der Waals surface area contributed by atoms with Gasteiger partial charge in [0.1, 0.15) is 0 Å². The minimum Gasteiger partial charge on any atom is -0.0610 e. The minimum absolute atomic E-state index is 1.28. The maximum atomic E-state index is 2.40. The molecule has 12 rings (SSSR count). The molecule has 12 aromatic rings. The van der Waals surface area contributed by atoms with Crippen LogP contribution in [0.3, 0.4) is 0 Å². The maximum absolute atomic E-state index is 2.40. The summed E-state index contributed by atoms with van der Waals surface area (Å²) in [6, 6.07) is 60.0. The predicted octanol–water partition coefficient (Wildman–Crippen LogP) is 13.8. The number of hydrogen-bond donors (Lipinski definition) is 0. The second-order valence-electron chi connectivity index (χ2n) is 13.8. The number of hydrogen-bond acceptors (Lipinski definition) is 0. The summed E-state index contributed by atoms with van der Waals surface area (Å²) in [5.74, 6) is 0. The molecule has 218 valence electrons. The standard InChI is InChI=1S/C48H26/c1-5-27-7-3-11-43-45-25-39-21-35-17-32-16-34-20-38-24-42-14-30-10-2-6-28-8-4-12-44(48(28)30)46(42)26-40(38)22-36(34)18-31(32)15-33(35)19-37(39)23-41(45)13-29(9-1)47(27)43/h1-26H. The van der Waals surface area contributed by atoms with Crippen LogP contribution in [0.5, 0.6) is 0 Å². The van der Waals surface area contributed by atoms with Gasteiger partial charge in [0.15, 0.2) is 0 Å². The summed E-state index contributed by atoms with van der Waals surface area (Å²) in [6.07, 6.45) is 0. The van der Waals surface area contributed by atoms with Gasteiger partial charge in [0.05, 0.1) is 0 Å². The summed E-state index contributed by atoms with van der Waals surface area (Å²) in [4.78, 5) is 0. The van der Waals surface area contributed by atoms with E-state index < -0.39 is 0 Å². The van der Waals surface area contributed by atoms with Crippen molar-refractivity contribution in [2.45, 2.75) is 0 Å². The van der Waals surface area contributed by atoms with E-state index in [2.05, 4.69) is 158 Å². The quantitative estimate of drug-likeness (QED) is 0.120. The van der Waals surface area contributed by atoms with Crippen LogP contribution in [0.25, 0.3) is 118 Å². The van der Waals surface area contributed by atoms with E-state index in [1.165, 1.54) is 118 Å². The molecule has 0 nitrogen and oxygen atoms in total. The van der Waals surface area contributed by atoms with Gasteiger partial charge in [0.2, 0.25) is 0 Å². The summed E-state index contributed by atoms with van der Waals surface area (Å²) in [7, 11) is 0. The van der Waals surface area contributed by atoms with Crippen molar-refractivity contribution in [3.63, 3.8) is 0 Å². The number of rotatable bonds is 0. The second kappa shape index (κ2) is 8.76. The molecular formula is C48H26. The molecule has 0 spiro atoms. The highest BCUT2D eigenvalue weighted by molar-refractivity contribution is 6.25. The molecule has 0 aliphatic rings. The van der Waals surface area contributed by atoms with E-state index in [9.17, 15) is 0 Å². The van der Waals surface area contributed by atoms with Crippen molar-refractivity contribution < 1.29 is 0 Å². The molecule has 0 aliphatic heterocycles. The highest BCUT2D eigenvalue weighted by Crippen LogP contribution is 2.39. The van der Waals surface area contributed by atoms with Crippen molar-refractivity contribution in [2.75, 3.05) is 0 Å².